The first kappa shape index (κ1) is 14.7. The highest BCUT2D eigenvalue weighted by Gasteiger charge is 2.12. The van der Waals surface area contributed by atoms with E-state index in [1.165, 1.54) is 0 Å². The first-order valence-electron chi connectivity index (χ1n) is 4.63. The van der Waals surface area contributed by atoms with Crippen molar-refractivity contribution in [3.63, 3.8) is 0 Å². The lowest BCUT2D eigenvalue weighted by molar-refractivity contribution is 0.248. The number of likely N-dealkylation sites (N-methyl/N-ethyl adjacent to an activating group) is 1. The van der Waals surface area contributed by atoms with Crippen LogP contribution >= 0.6 is 24.0 Å². The molecule has 0 aromatic carbocycles. The zero-order chi connectivity index (χ0) is 10.7. The lowest BCUT2D eigenvalue weighted by atomic mass is 10.3. The monoisotopic (exact) mass is 252 g/mol. The van der Waals surface area contributed by atoms with Crippen molar-refractivity contribution in [1.29, 1.82) is 0 Å². The number of aromatic nitrogens is 2. The molecule has 0 amide bonds. The maximum Gasteiger partial charge on any atom is 0.0831 e. The van der Waals surface area contributed by atoms with Crippen LogP contribution < -0.4 is 5.73 Å². The molecule has 1 aromatic rings. The summed E-state index contributed by atoms with van der Waals surface area (Å²) in [4.78, 5) is 2.16. The van der Waals surface area contributed by atoms with E-state index in [0.29, 0.717) is 17.6 Å². The fourth-order valence-electron chi connectivity index (χ4n) is 1.19. The quantitative estimate of drug-likeness (QED) is 0.879. The lowest BCUT2D eigenvalue weighted by Gasteiger charge is -2.23. The van der Waals surface area contributed by atoms with E-state index >= 15 is 0 Å². The summed E-state index contributed by atoms with van der Waals surface area (Å²) in [6.45, 7) is 3.50. The van der Waals surface area contributed by atoms with Gasteiger partial charge in [-0.25, -0.2) is 0 Å². The minimum Gasteiger partial charge on any atom is -0.329 e. The minimum atomic E-state index is 0. The highest BCUT2D eigenvalue weighted by Crippen LogP contribution is 2.16. The van der Waals surface area contributed by atoms with E-state index in [-0.39, 0.29) is 12.4 Å². The van der Waals surface area contributed by atoms with Crippen LogP contribution in [0.3, 0.4) is 0 Å². The minimum absolute atomic E-state index is 0. The first-order valence-corrected chi connectivity index (χ1v) is 5.00. The average Bonchev–Trinajstić information content (AvgIpc) is 2.48. The van der Waals surface area contributed by atoms with E-state index in [4.69, 9.17) is 17.3 Å². The van der Waals surface area contributed by atoms with E-state index < -0.39 is 0 Å². The Hall–Kier alpha value is -0.290. The summed E-state index contributed by atoms with van der Waals surface area (Å²) in [5, 5.41) is 4.79. The fourth-order valence-corrected chi connectivity index (χ4v) is 1.41. The van der Waals surface area contributed by atoms with E-state index in [2.05, 4.69) is 16.9 Å². The highest BCUT2D eigenvalue weighted by molar-refractivity contribution is 6.31. The van der Waals surface area contributed by atoms with E-state index in [0.717, 1.165) is 12.2 Å². The molecule has 0 aliphatic carbocycles. The van der Waals surface area contributed by atoms with Crippen LogP contribution in [0.25, 0.3) is 0 Å². The number of nitrogens with two attached hydrogens (primary N) is 1. The van der Waals surface area contributed by atoms with Crippen molar-refractivity contribution >= 4 is 24.0 Å². The molecule has 0 bridgehead atoms. The number of halogens is 2. The zero-order valence-corrected chi connectivity index (χ0v) is 10.8. The normalized spacial score (nSPS) is 12.7. The summed E-state index contributed by atoms with van der Waals surface area (Å²) >= 11 is 6.00. The van der Waals surface area contributed by atoms with Crippen molar-refractivity contribution < 1.29 is 0 Å². The van der Waals surface area contributed by atoms with Crippen LogP contribution in [0.4, 0.5) is 0 Å². The highest BCUT2D eigenvalue weighted by atomic mass is 35.5. The summed E-state index contributed by atoms with van der Waals surface area (Å²) in [7, 11) is 3.92. The van der Waals surface area contributed by atoms with Crippen molar-refractivity contribution in [2.24, 2.45) is 12.8 Å². The molecule has 0 fully saturated rings. The third-order valence-electron chi connectivity index (χ3n) is 2.50. The maximum absolute atomic E-state index is 6.00. The molecular weight excluding hydrogens is 235 g/mol. The average molecular weight is 253 g/mol. The number of hydrogen-bond donors (Lipinski definition) is 1. The second kappa shape index (κ2) is 6.33. The Balaban J connectivity index is 0.00000196. The molecule has 1 atom stereocenters. The molecule has 0 saturated carbocycles. The molecule has 6 heteroatoms. The SMILES string of the molecule is CC(CN)N(C)Cc1c(Cl)cnn1C.Cl. The largest absolute Gasteiger partial charge is 0.329 e. The van der Waals surface area contributed by atoms with Crippen LogP contribution in [0.1, 0.15) is 12.6 Å². The smallest absolute Gasteiger partial charge is 0.0831 e. The summed E-state index contributed by atoms with van der Waals surface area (Å²) < 4.78 is 1.79. The molecule has 0 aliphatic rings. The lowest BCUT2D eigenvalue weighted by Crippen LogP contribution is -2.35. The summed E-state index contributed by atoms with van der Waals surface area (Å²) in [6.07, 6.45) is 1.66. The van der Waals surface area contributed by atoms with E-state index in [1.54, 1.807) is 10.9 Å². The van der Waals surface area contributed by atoms with E-state index in [1.807, 2.05) is 14.1 Å². The predicted molar refractivity (Wildman–Crippen MR) is 65.4 cm³/mol. The predicted octanol–water partition coefficient (Wildman–Crippen LogP) is 1.27. The second-order valence-electron chi connectivity index (χ2n) is 3.56. The van der Waals surface area contributed by atoms with Gasteiger partial charge < -0.3 is 5.73 Å². The third kappa shape index (κ3) is 3.65. The fraction of sp³-hybridized carbons (Fsp3) is 0.667. The summed E-state index contributed by atoms with van der Waals surface area (Å²) in [5.41, 5.74) is 6.60. The van der Waals surface area contributed by atoms with Crippen LogP contribution in [-0.2, 0) is 13.6 Å². The maximum atomic E-state index is 6.00. The molecule has 0 saturated heterocycles. The van der Waals surface area contributed by atoms with Gasteiger partial charge in [0, 0.05) is 26.2 Å². The van der Waals surface area contributed by atoms with Gasteiger partial charge in [-0.2, -0.15) is 5.10 Å². The van der Waals surface area contributed by atoms with Gasteiger partial charge in [-0.15, -0.1) is 12.4 Å². The van der Waals surface area contributed by atoms with Gasteiger partial charge in [-0.05, 0) is 14.0 Å². The third-order valence-corrected chi connectivity index (χ3v) is 2.82. The summed E-state index contributed by atoms with van der Waals surface area (Å²) in [6, 6.07) is 0.348. The van der Waals surface area contributed by atoms with Gasteiger partial charge in [0.05, 0.1) is 16.9 Å². The molecule has 2 N–H and O–H groups in total. The van der Waals surface area contributed by atoms with Crippen LogP contribution in [0.2, 0.25) is 5.02 Å². The number of rotatable bonds is 4. The summed E-state index contributed by atoms with van der Waals surface area (Å²) in [5.74, 6) is 0. The molecule has 0 spiro atoms. The Labute approximate surface area is 102 Å². The number of nitrogens with zero attached hydrogens (tertiary/aromatic N) is 3. The molecular formula is C9H18Cl2N4. The van der Waals surface area contributed by atoms with Crippen molar-refractivity contribution in [2.75, 3.05) is 13.6 Å². The Morgan fingerprint density at radius 1 is 1.67 bits per heavy atom. The number of aryl methyl sites for hydroxylation is 1. The molecule has 15 heavy (non-hydrogen) atoms. The van der Waals surface area contributed by atoms with Crippen molar-refractivity contribution in [3.05, 3.63) is 16.9 Å². The van der Waals surface area contributed by atoms with Gasteiger partial charge in [0.2, 0.25) is 0 Å². The Bertz CT molecular complexity index is 281. The van der Waals surface area contributed by atoms with Gasteiger partial charge in [0.25, 0.3) is 0 Å². The molecule has 1 rings (SSSR count). The molecule has 4 nitrogen and oxygen atoms in total. The van der Waals surface area contributed by atoms with Crippen LogP contribution in [0.5, 0.6) is 0 Å². The van der Waals surface area contributed by atoms with Crippen LogP contribution in [0, 0.1) is 0 Å². The van der Waals surface area contributed by atoms with Gasteiger partial charge >= 0.3 is 0 Å². The van der Waals surface area contributed by atoms with Crippen LogP contribution in [0.15, 0.2) is 6.20 Å². The van der Waals surface area contributed by atoms with Crippen LogP contribution in [-0.4, -0.2) is 34.3 Å². The molecule has 88 valence electrons. The molecule has 1 heterocycles. The van der Waals surface area contributed by atoms with Gasteiger partial charge in [0.1, 0.15) is 0 Å². The van der Waals surface area contributed by atoms with Crippen molar-refractivity contribution in [3.8, 4) is 0 Å². The van der Waals surface area contributed by atoms with E-state index in [9.17, 15) is 0 Å². The number of hydrogen-bond acceptors (Lipinski definition) is 3. The molecule has 0 radical (unpaired) electrons. The Morgan fingerprint density at radius 2 is 2.27 bits per heavy atom. The van der Waals surface area contributed by atoms with Gasteiger partial charge in [-0.1, -0.05) is 11.6 Å². The standard InChI is InChI=1S/C9H17ClN4.ClH/c1-7(4-11)13(2)6-9-8(10)5-12-14(9)3;/h5,7H,4,6,11H2,1-3H3;1H. The zero-order valence-electron chi connectivity index (χ0n) is 9.27. The van der Waals surface area contributed by atoms with Crippen molar-refractivity contribution in [2.45, 2.75) is 19.5 Å². The first-order chi connectivity index (χ1) is 6.56. The second-order valence-corrected chi connectivity index (χ2v) is 3.97. The van der Waals surface area contributed by atoms with Gasteiger partial charge in [-0.3, -0.25) is 9.58 Å². The van der Waals surface area contributed by atoms with Crippen molar-refractivity contribution in [1.82, 2.24) is 14.7 Å². The topological polar surface area (TPSA) is 47.1 Å². The molecule has 1 unspecified atom stereocenters. The molecule has 0 aliphatic heterocycles. The Morgan fingerprint density at radius 3 is 2.67 bits per heavy atom. The molecule has 1 aromatic heterocycles. The Kier molecular flexibility index (Phi) is 6.20. The van der Waals surface area contributed by atoms with Gasteiger partial charge in [0.15, 0.2) is 0 Å².